The highest BCUT2D eigenvalue weighted by Crippen LogP contribution is 2.23. The first-order chi connectivity index (χ1) is 11.3. The summed E-state index contributed by atoms with van der Waals surface area (Å²) >= 11 is 0. The van der Waals surface area contributed by atoms with Crippen LogP contribution < -0.4 is 4.72 Å². The third-order valence-corrected chi connectivity index (χ3v) is 5.13. The van der Waals surface area contributed by atoms with E-state index in [1.54, 1.807) is 30.3 Å². The first-order valence-corrected chi connectivity index (χ1v) is 9.51. The first kappa shape index (κ1) is 18.2. The summed E-state index contributed by atoms with van der Waals surface area (Å²) in [7, 11) is -3.67. The summed E-state index contributed by atoms with van der Waals surface area (Å²) in [4.78, 5) is 12.2. The molecule has 1 N–H and O–H groups in total. The second-order valence-corrected chi connectivity index (χ2v) is 7.73. The monoisotopic (exact) mass is 345 g/mol. The van der Waals surface area contributed by atoms with E-state index in [1.807, 2.05) is 32.9 Å². The lowest BCUT2D eigenvalue weighted by Crippen LogP contribution is -2.15. The number of benzene rings is 2. The largest absolute Gasteiger partial charge is 0.299 e. The highest BCUT2D eigenvalue weighted by Gasteiger charge is 2.17. The Balaban J connectivity index is 2.31. The molecule has 0 bridgehead atoms. The van der Waals surface area contributed by atoms with Crippen LogP contribution in [0.2, 0.25) is 0 Å². The van der Waals surface area contributed by atoms with Crippen LogP contribution in [0.4, 0.5) is 5.69 Å². The molecule has 4 nitrogen and oxygen atoms in total. The summed E-state index contributed by atoms with van der Waals surface area (Å²) in [5, 5.41) is 0. The molecule has 24 heavy (non-hydrogen) atoms. The average molecular weight is 345 g/mol. The van der Waals surface area contributed by atoms with Crippen LogP contribution in [0.15, 0.2) is 47.4 Å². The fraction of sp³-hybridized carbons (Fsp3) is 0.316. The van der Waals surface area contributed by atoms with Gasteiger partial charge in [-0.15, -0.1) is 0 Å². The van der Waals surface area contributed by atoms with Gasteiger partial charge in [-0.2, -0.15) is 0 Å². The Kier molecular flexibility index (Phi) is 5.78. The van der Waals surface area contributed by atoms with Gasteiger partial charge in [-0.25, -0.2) is 8.42 Å². The molecule has 0 heterocycles. The maximum absolute atomic E-state index is 12.6. The van der Waals surface area contributed by atoms with E-state index in [1.165, 1.54) is 0 Å². The van der Waals surface area contributed by atoms with Crippen molar-refractivity contribution in [3.63, 3.8) is 0 Å². The predicted octanol–water partition coefficient (Wildman–Crippen LogP) is 4.02. The number of carbonyl (C=O) groups is 1. The molecule has 5 heteroatoms. The van der Waals surface area contributed by atoms with Crippen molar-refractivity contribution < 1.29 is 13.2 Å². The SMILES string of the molecule is CCCC(=O)Cc1cc(C)ccc1NS(=O)(=O)c1ccc(C)cc1. The molecule has 128 valence electrons. The van der Waals surface area contributed by atoms with Crippen molar-refractivity contribution >= 4 is 21.5 Å². The zero-order valence-corrected chi connectivity index (χ0v) is 15.1. The number of carbonyl (C=O) groups excluding carboxylic acids is 1. The van der Waals surface area contributed by atoms with Gasteiger partial charge in [0.2, 0.25) is 0 Å². The molecule has 0 spiro atoms. The van der Waals surface area contributed by atoms with Crippen LogP contribution in [0.1, 0.15) is 36.5 Å². The van der Waals surface area contributed by atoms with Crippen LogP contribution in [-0.4, -0.2) is 14.2 Å². The van der Waals surface area contributed by atoms with Gasteiger partial charge >= 0.3 is 0 Å². The molecule has 0 radical (unpaired) electrons. The molecule has 0 unspecified atom stereocenters. The molecule has 0 aliphatic rings. The van der Waals surface area contributed by atoms with E-state index in [2.05, 4.69) is 4.72 Å². The van der Waals surface area contributed by atoms with Gasteiger partial charge in [0.25, 0.3) is 10.0 Å². The van der Waals surface area contributed by atoms with Crippen molar-refractivity contribution in [3.8, 4) is 0 Å². The van der Waals surface area contributed by atoms with Gasteiger partial charge in [-0.1, -0.05) is 42.3 Å². The summed E-state index contributed by atoms with van der Waals surface area (Å²) < 4.78 is 27.7. The number of sulfonamides is 1. The van der Waals surface area contributed by atoms with E-state index < -0.39 is 10.0 Å². The maximum Gasteiger partial charge on any atom is 0.261 e. The van der Waals surface area contributed by atoms with Crippen molar-refractivity contribution in [2.45, 2.75) is 44.9 Å². The van der Waals surface area contributed by atoms with Gasteiger partial charge in [0.05, 0.1) is 10.6 Å². The highest BCUT2D eigenvalue weighted by atomic mass is 32.2. The van der Waals surface area contributed by atoms with Crippen molar-refractivity contribution in [3.05, 3.63) is 59.2 Å². The normalized spacial score (nSPS) is 11.3. The molecule has 0 amide bonds. The summed E-state index contributed by atoms with van der Waals surface area (Å²) in [6.07, 6.45) is 1.52. The lowest BCUT2D eigenvalue weighted by molar-refractivity contribution is -0.118. The predicted molar refractivity (Wildman–Crippen MR) is 96.8 cm³/mol. The molecule has 2 rings (SSSR count). The molecular weight excluding hydrogens is 322 g/mol. The minimum Gasteiger partial charge on any atom is -0.299 e. The van der Waals surface area contributed by atoms with Crippen molar-refractivity contribution in [2.75, 3.05) is 4.72 Å². The molecule has 0 atom stereocenters. The average Bonchev–Trinajstić information content (AvgIpc) is 2.50. The minimum atomic E-state index is -3.67. The van der Waals surface area contributed by atoms with Crippen LogP contribution in [0.25, 0.3) is 0 Å². The van der Waals surface area contributed by atoms with Crippen molar-refractivity contribution in [2.24, 2.45) is 0 Å². The standard InChI is InChI=1S/C19H23NO3S/c1-4-5-17(21)13-16-12-15(3)8-11-19(16)20-24(22,23)18-9-6-14(2)7-10-18/h6-12,20H,4-5,13H2,1-3H3. The number of nitrogens with one attached hydrogen (secondary N) is 1. The molecular formula is C19H23NO3S. The van der Waals surface area contributed by atoms with E-state index in [0.29, 0.717) is 17.7 Å². The second kappa shape index (κ2) is 7.62. The number of ketones is 1. The van der Waals surface area contributed by atoms with Crippen molar-refractivity contribution in [1.29, 1.82) is 0 Å². The minimum absolute atomic E-state index is 0.110. The number of hydrogen-bond donors (Lipinski definition) is 1. The van der Waals surface area contributed by atoms with Crippen LogP contribution in [-0.2, 0) is 21.2 Å². The summed E-state index contributed by atoms with van der Waals surface area (Å²) in [5.74, 6) is 0.110. The first-order valence-electron chi connectivity index (χ1n) is 8.02. The molecule has 2 aromatic carbocycles. The number of Topliss-reactive ketones (excluding diaryl/α,β-unsaturated/α-hetero) is 1. The van der Waals surface area contributed by atoms with E-state index >= 15 is 0 Å². The van der Waals surface area contributed by atoms with Gasteiger partial charge in [-0.3, -0.25) is 9.52 Å². The van der Waals surface area contributed by atoms with Crippen LogP contribution in [0.5, 0.6) is 0 Å². The lowest BCUT2D eigenvalue weighted by atomic mass is 10.0. The van der Waals surface area contributed by atoms with E-state index in [0.717, 1.165) is 17.5 Å². The Morgan fingerprint density at radius 3 is 2.25 bits per heavy atom. The number of aryl methyl sites for hydroxylation is 2. The van der Waals surface area contributed by atoms with Gasteiger partial charge < -0.3 is 0 Å². The number of rotatable bonds is 7. The zero-order chi connectivity index (χ0) is 17.7. The molecule has 0 saturated carbocycles. The smallest absolute Gasteiger partial charge is 0.261 e. The zero-order valence-electron chi connectivity index (χ0n) is 14.3. The van der Waals surface area contributed by atoms with Gasteiger partial charge in [0.15, 0.2) is 0 Å². The van der Waals surface area contributed by atoms with Gasteiger partial charge in [0.1, 0.15) is 5.78 Å². The van der Waals surface area contributed by atoms with Crippen molar-refractivity contribution in [1.82, 2.24) is 0 Å². The molecule has 0 saturated heterocycles. The van der Waals surface area contributed by atoms with E-state index in [9.17, 15) is 13.2 Å². The summed E-state index contributed by atoms with van der Waals surface area (Å²) in [6.45, 7) is 5.78. The molecule has 0 aliphatic heterocycles. The molecule has 0 aromatic heterocycles. The Morgan fingerprint density at radius 2 is 1.62 bits per heavy atom. The summed E-state index contributed by atoms with van der Waals surface area (Å²) in [6, 6.07) is 12.1. The molecule has 0 aliphatic carbocycles. The Morgan fingerprint density at radius 1 is 1.00 bits per heavy atom. The Hall–Kier alpha value is -2.14. The second-order valence-electron chi connectivity index (χ2n) is 6.04. The molecule has 2 aromatic rings. The van der Waals surface area contributed by atoms with Gasteiger partial charge in [0, 0.05) is 12.8 Å². The quantitative estimate of drug-likeness (QED) is 0.824. The molecule has 0 fully saturated rings. The lowest BCUT2D eigenvalue weighted by Gasteiger charge is -2.13. The van der Waals surface area contributed by atoms with E-state index in [-0.39, 0.29) is 17.1 Å². The van der Waals surface area contributed by atoms with Crippen LogP contribution in [0, 0.1) is 13.8 Å². The third kappa shape index (κ3) is 4.68. The highest BCUT2D eigenvalue weighted by molar-refractivity contribution is 7.92. The fourth-order valence-electron chi connectivity index (χ4n) is 2.47. The van der Waals surface area contributed by atoms with Crippen LogP contribution >= 0.6 is 0 Å². The van der Waals surface area contributed by atoms with Gasteiger partial charge in [-0.05, 0) is 44.0 Å². The number of hydrogen-bond acceptors (Lipinski definition) is 3. The Bertz CT molecular complexity index is 824. The summed E-state index contributed by atoms with van der Waals surface area (Å²) in [5.41, 5.74) is 3.16. The maximum atomic E-state index is 12.6. The fourth-order valence-corrected chi connectivity index (χ4v) is 3.57. The third-order valence-electron chi connectivity index (χ3n) is 3.75. The number of anilines is 1. The Labute approximate surface area is 144 Å². The van der Waals surface area contributed by atoms with E-state index in [4.69, 9.17) is 0 Å². The topological polar surface area (TPSA) is 63.2 Å². The van der Waals surface area contributed by atoms with Crippen LogP contribution in [0.3, 0.4) is 0 Å².